The highest BCUT2D eigenvalue weighted by Crippen LogP contribution is 3.87. The predicted octanol–water partition coefficient (Wildman–Crippen LogP) is 7.37. The van der Waals surface area contributed by atoms with E-state index in [1.165, 1.54) is 247 Å². The Labute approximate surface area is 550 Å². The fourth-order valence-corrected chi connectivity index (χ4v) is 119. The van der Waals surface area contributed by atoms with Crippen molar-refractivity contribution in [2.75, 3.05) is 0 Å². The zero-order valence-corrected chi connectivity index (χ0v) is 52.8. The van der Waals surface area contributed by atoms with E-state index in [9.17, 15) is 0 Å². The van der Waals surface area contributed by atoms with E-state index in [1.54, 1.807) is 0 Å². The summed E-state index contributed by atoms with van der Waals surface area (Å²) in [6.45, 7) is 0. The van der Waals surface area contributed by atoms with Crippen LogP contribution in [0.3, 0.4) is 0 Å². The highest BCUT2D eigenvalue weighted by atomic mass is 15.9. The first-order valence-electron chi connectivity index (χ1n) is 48.8. The summed E-state index contributed by atoms with van der Waals surface area (Å²) in [7, 11) is 0. The van der Waals surface area contributed by atoms with Gasteiger partial charge in [-0.1, -0.05) is 0 Å². The third-order valence-electron chi connectivity index (χ3n) is 90.6. The Morgan fingerprint density at radius 3 is 0.551 bits per heavy atom. The summed E-state index contributed by atoms with van der Waals surface area (Å²) in [5.41, 5.74) is 63.8. The quantitative estimate of drug-likeness (QED) is 0.238. The SMILES string of the molecule is C1C2C3C4C5C6CC7C8C9C%10C%11C%12C%13C%14C%15C%16C%17C%18C%19C%20CC%21C%22C%23C%24CC%25C%26C1C1C%27C%28C%29C%30C%31C%32C%33C%34C%35C%36C2C32C43C54C67C85C96C%107C%118C%129C%13%10C%14%11C%15%12C%16%13C%17%14C%18%15C%19%16C%21%20C%22%17C%23%18C%24%25C%26%19C1%20C%271C%28%21C%29%22C%30%23C%31%24C%32%25C%33%26C%34%27C%35%28C%362C32C45C63C%282C%272C73C83C%262C%252C93C%103C%114C%125C%136C%147C%158C%17%16C%18%19C%208C17C%216C%225C%234C%2423. The summed E-state index contributed by atoms with van der Waals surface area (Å²) in [5, 5.41) is 0. The summed E-state index contributed by atoms with van der Waals surface area (Å²) >= 11 is 0. The second kappa shape index (κ2) is 4.34. The Hall–Kier alpha value is 0. The molecule has 0 amide bonds. The molecule has 56 spiro atoms. The maximum atomic E-state index is 2.08. The number of rotatable bonds is 0. The second-order valence-corrected chi connectivity index (χ2v) is 65.8. The summed E-state index contributed by atoms with van der Waals surface area (Å²) < 4.78 is 0. The lowest BCUT2D eigenvalue weighted by Gasteiger charge is -3.77. The Morgan fingerprint density at radius 1 is 0.102 bits per heavy atom. The smallest absolute Gasteiger partial charge is 0.000370 e. The lowest BCUT2D eigenvalue weighted by Crippen LogP contribution is -3.74. The van der Waals surface area contributed by atoms with Crippen molar-refractivity contribution in [2.45, 2.75) is 25.7 Å². The zero-order chi connectivity index (χ0) is 52.8. The highest BCUT2D eigenvalue weighted by molar-refractivity contribution is 6.71. The summed E-state index contributed by atoms with van der Waals surface area (Å²) in [6.07, 6.45) is 7.89. The molecule has 0 heteroatoms. The molecule has 0 bridgehead atoms. The van der Waals surface area contributed by atoms with Gasteiger partial charge in [-0.3, -0.25) is 0 Å². The highest BCUT2D eigenvalue weighted by Gasteiger charge is 3.83. The van der Waals surface area contributed by atoms with Gasteiger partial charge in [-0.05, 0) is 554 Å². The van der Waals surface area contributed by atoms with Crippen molar-refractivity contribution in [2.24, 2.45) is 452 Å². The van der Waals surface area contributed by atoms with Crippen LogP contribution in [0.5, 0.6) is 0 Å². The van der Waals surface area contributed by atoms with Crippen LogP contribution in [0.25, 0.3) is 0 Å². The van der Waals surface area contributed by atoms with E-state index >= 15 is 0 Å². The van der Waals surface area contributed by atoms with Gasteiger partial charge in [0.15, 0.2) is 0 Å². The van der Waals surface area contributed by atoms with E-state index in [1.807, 2.05) is 19.3 Å². The fourth-order valence-electron chi connectivity index (χ4n) is 119. The fraction of sp³-hybridized carbons (Fsp3) is 1.00. The van der Waals surface area contributed by atoms with Crippen molar-refractivity contribution < 1.29 is 0 Å². The van der Waals surface area contributed by atoms with E-state index in [0.29, 0.717) is 0 Å². The van der Waals surface area contributed by atoms with Crippen molar-refractivity contribution >= 4 is 0 Å². The van der Waals surface area contributed by atoms with E-state index in [0.717, 1.165) is 282 Å². The van der Waals surface area contributed by atoms with Gasteiger partial charge in [0.05, 0.1) is 0 Å². The molecular formula is C98H46. The van der Waals surface area contributed by atoms with Crippen LogP contribution < -0.4 is 0 Å². The minimum atomic E-state index is 1.09. The van der Waals surface area contributed by atoms with Crippen LogP contribution in [0, 0.1) is 528 Å². The Bertz CT molecular complexity index is 8010. The monoisotopic (exact) mass is 1220 g/mol. The molecule has 0 aromatic heterocycles. The molecule has 0 aliphatic heterocycles. The summed E-state index contributed by atoms with van der Waals surface area (Å²) in [6, 6.07) is 0. The molecule has 0 nitrogen and oxygen atoms in total. The molecule has 98 heavy (non-hydrogen) atoms. The van der Waals surface area contributed by atoms with Gasteiger partial charge in [-0.15, -0.1) is 0 Å². The minimum Gasteiger partial charge on any atom is -0.0464 e. The van der Waals surface area contributed by atoms with E-state index in [2.05, 4.69) is 6.42 Å². The van der Waals surface area contributed by atoms with Crippen molar-refractivity contribution in [1.29, 1.82) is 0 Å². The molecular weight excluding hydrogens is 1180 g/mol. The largest absolute Gasteiger partial charge is 0.0464 e. The number of hydrogen-bond acceptors (Lipinski definition) is 0. The molecule has 76 aliphatic rings. The molecule has 76 saturated carbocycles. The molecule has 0 radical (unpaired) electrons. The van der Waals surface area contributed by atoms with Crippen LogP contribution in [-0.2, 0) is 0 Å². The van der Waals surface area contributed by atoms with Gasteiger partial charge in [0.2, 0.25) is 0 Å². The van der Waals surface area contributed by atoms with Gasteiger partial charge in [0.1, 0.15) is 0 Å². The van der Waals surface area contributed by atoms with Crippen LogP contribution in [-0.4, -0.2) is 0 Å². The average Bonchev–Trinajstić information content (AvgIpc) is 0.446. The maximum Gasteiger partial charge on any atom is -0.000370 e. The number of hydrogen-bond donors (Lipinski definition) is 0. The molecule has 0 N–H and O–H groups in total. The average molecular weight is 1220 g/mol. The second-order valence-electron chi connectivity index (χ2n) is 65.8. The van der Waals surface area contributed by atoms with Crippen LogP contribution in [0.1, 0.15) is 25.7 Å². The minimum absolute atomic E-state index is 1.09. The first-order chi connectivity index (χ1) is 48.8. The maximum absolute atomic E-state index is 2.08. The standard InChI is InChI=1S/C98H46/c1-5-13-7-2-8-17-18-9-3-11-20-25-29-33-37-41-42-38-34-30-26-21-12-4-10-19-22-14-6(1)15-23-27-31-35-39-40-36-32-28-24-16(5)55-47(13)43(7,8)48(17)49(18)44(9,11)51(20)56(25)60(29)64(33)68(37)73(41)74(42)69(38)65(34)61(30)57(26)52(21)45(10,12)50(19)53(22)46(14,15)54(23)58(27)62(31)66(35)70(39)72(40)71(36)67(32)63(28)59(24,55)83-79(55)75(47,48)76(49,51)80(56,79)84(60,83)88(64)87(63,83)91(67)92(68,88)97(73)95(71,91)96(72)94(70)90(66)86(62)82(58)78(53,54)77(50,52)81(57,82)85(61,86)89(65,90)93(69,94)98(74,96)97/h5-42H,1-4H2. The molecule has 0 aromatic carbocycles. The van der Waals surface area contributed by atoms with Gasteiger partial charge in [0, 0.05) is 0 Å². The van der Waals surface area contributed by atoms with Gasteiger partial charge in [-0.25, -0.2) is 0 Å². The Kier molecular flexibility index (Phi) is 1.36. The summed E-state index contributed by atoms with van der Waals surface area (Å²) in [5.74, 6) is 55.0. The summed E-state index contributed by atoms with van der Waals surface area (Å²) in [4.78, 5) is 0. The molecule has 438 valence electrons. The molecule has 94 unspecified atom stereocenters. The third-order valence-corrected chi connectivity index (χ3v) is 90.6. The van der Waals surface area contributed by atoms with Crippen LogP contribution >= 0.6 is 0 Å². The van der Waals surface area contributed by atoms with Crippen LogP contribution in [0.4, 0.5) is 0 Å². The topological polar surface area (TPSA) is 0 Å². The molecule has 0 saturated heterocycles. The zero-order valence-electron chi connectivity index (χ0n) is 52.8. The molecule has 94 atom stereocenters. The molecule has 76 rings (SSSR count). The lowest BCUT2D eigenvalue weighted by molar-refractivity contribution is -1.25. The van der Waals surface area contributed by atoms with Crippen molar-refractivity contribution in [3.63, 3.8) is 0 Å². The molecule has 0 aromatic rings. The van der Waals surface area contributed by atoms with Crippen molar-refractivity contribution in [3.05, 3.63) is 75.8 Å². The molecule has 0 heterocycles. The van der Waals surface area contributed by atoms with E-state index in [-0.39, 0.29) is 0 Å². The normalized spacial score (nSPS) is 153. The first kappa shape index (κ1) is 30.8. The van der Waals surface area contributed by atoms with Crippen LogP contribution in [0.15, 0.2) is 0 Å². The number of fused-ring (bicyclic) bond motifs is 22. The Morgan fingerprint density at radius 2 is 0.255 bits per heavy atom. The molecule has 76 fully saturated rings. The van der Waals surface area contributed by atoms with Gasteiger partial charge in [-0.2, -0.15) is 0 Å². The van der Waals surface area contributed by atoms with Crippen LogP contribution in [0.2, 0.25) is 0 Å². The van der Waals surface area contributed by atoms with E-state index in [4.69, 9.17) is 0 Å². The third kappa shape index (κ3) is 0.584. The van der Waals surface area contributed by atoms with E-state index < -0.39 is 0 Å². The first-order valence-corrected chi connectivity index (χ1v) is 48.8. The van der Waals surface area contributed by atoms with Gasteiger partial charge in [0.25, 0.3) is 0 Å². The Balaban J connectivity index is 0.613. The van der Waals surface area contributed by atoms with Gasteiger partial charge < -0.3 is 0 Å². The van der Waals surface area contributed by atoms with Crippen molar-refractivity contribution in [3.8, 4) is 0 Å². The predicted molar refractivity (Wildman–Crippen MR) is 299 cm³/mol. The van der Waals surface area contributed by atoms with Crippen molar-refractivity contribution in [1.82, 2.24) is 0 Å². The molecule has 76 aliphatic carbocycles. The van der Waals surface area contributed by atoms with Gasteiger partial charge >= 0.3 is 0 Å². The lowest BCUT2D eigenvalue weighted by atomic mass is 8.25.